The fourth-order valence-corrected chi connectivity index (χ4v) is 1.87. The Morgan fingerprint density at radius 3 is 2.64 bits per heavy atom. The molecule has 1 aliphatic heterocycles. The average Bonchev–Trinajstić information content (AvgIpc) is 2.41. The number of hydrogen-bond acceptors (Lipinski definition) is 3. The predicted molar refractivity (Wildman–Crippen MR) is 57.0 cm³/mol. The summed E-state index contributed by atoms with van der Waals surface area (Å²) in [5.74, 6) is -0.213. The Hall–Kier alpha value is -0.610. The molecule has 0 saturated carbocycles. The van der Waals surface area contributed by atoms with Crippen molar-refractivity contribution < 1.29 is 4.79 Å². The normalized spacial score (nSPS) is 23.0. The van der Waals surface area contributed by atoms with Crippen LogP contribution in [-0.2, 0) is 4.79 Å². The molecule has 1 atom stereocenters. The molecule has 1 saturated heterocycles. The average molecular weight is 199 g/mol. The molecule has 0 spiro atoms. The summed E-state index contributed by atoms with van der Waals surface area (Å²) in [6.07, 6.45) is 1.13. The van der Waals surface area contributed by atoms with Crippen LogP contribution in [0, 0.1) is 0 Å². The summed E-state index contributed by atoms with van der Waals surface area (Å²) < 4.78 is 0. The highest BCUT2D eigenvalue weighted by atomic mass is 16.1. The van der Waals surface area contributed by atoms with Crippen LogP contribution in [0.3, 0.4) is 0 Å². The highest BCUT2D eigenvalue weighted by Crippen LogP contribution is 2.06. The molecule has 1 aliphatic rings. The monoisotopic (exact) mass is 199 g/mol. The first kappa shape index (κ1) is 11.5. The van der Waals surface area contributed by atoms with Crippen LogP contribution in [0.1, 0.15) is 20.3 Å². The van der Waals surface area contributed by atoms with E-state index in [1.54, 1.807) is 0 Å². The van der Waals surface area contributed by atoms with E-state index in [1.807, 2.05) is 6.92 Å². The summed E-state index contributed by atoms with van der Waals surface area (Å²) in [6, 6.07) is -0.119. The Balaban J connectivity index is 2.45. The van der Waals surface area contributed by atoms with Gasteiger partial charge >= 0.3 is 0 Å². The molecule has 2 N–H and O–H groups in total. The van der Waals surface area contributed by atoms with E-state index in [4.69, 9.17) is 5.73 Å². The second kappa shape index (κ2) is 5.32. The summed E-state index contributed by atoms with van der Waals surface area (Å²) >= 11 is 0. The quantitative estimate of drug-likeness (QED) is 0.690. The van der Waals surface area contributed by atoms with Gasteiger partial charge in [0.1, 0.15) is 0 Å². The third-order valence-electron chi connectivity index (χ3n) is 3.03. The lowest BCUT2D eigenvalue weighted by atomic mass is 10.2. The molecule has 4 nitrogen and oxygen atoms in total. The Bertz CT molecular complexity index is 196. The van der Waals surface area contributed by atoms with Gasteiger partial charge in [-0.1, -0.05) is 6.92 Å². The third-order valence-corrected chi connectivity index (χ3v) is 3.03. The van der Waals surface area contributed by atoms with Gasteiger partial charge in [-0.15, -0.1) is 0 Å². The van der Waals surface area contributed by atoms with E-state index >= 15 is 0 Å². The van der Waals surface area contributed by atoms with Gasteiger partial charge in [0.05, 0.1) is 6.04 Å². The molecule has 0 aliphatic carbocycles. The van der Waals surface area contributed by atoms with Gasteiger partial charge in [0, 0.05) is 19.6 Å². The maximum atomic E-state index is 11.0. The van der Waals surface area contributed by atoms with Crippen LogP contribution in [0.4, 0.5) is 0 Å². The zero-order valence-corrected chi connectivity index (χ0v) is 9.20. The molecule has 0 radical (unpaired) electrons. The van der Waals surface area contributed by atoms with Crippen molar-refractivity contribution in [2.24, 2.45) is 5.73 Å². The van der Waals surface area contributed by atoms with E-state index in [9.17, 15) is 4.79 Å². The SMILES string of the molecule is CCN1CCCN(C(C)C(N)=O)CC1. The molecule has 0 bridgehead atoms. The van der Waals surface area contributed by atoms with Crippen LogP contribution in [0.25, 0.3) is 0 Å². The van der Waals surface area contributed by atoms with Gasteiger partial charge in [-0.2, -0.15) is 0 Å². The Morgan fingerprint density at radius 2 is 2.07 bits per heavy atom. The summed E-state index contributed by atoms with van der Waals surface area (Å²) in [5.41, 5.74) is 5.29. The molecule has 1 unspecified atom stereocenters. The molecular weight excluding hydrogens is 178 g/mol. The summed E-state index contributed by atoms with van der Waals surface area (Å²) in [4.78, 5) is 15.6. The summed E-state index contributed by atoms with van der Waals surface area (Å²) in [7, 11) is 0. The highest BCUT2D eigenvalue weighted by Gasteiger charge is 2.21. The second-order valence-corrected chi connectivity index (χ2v) is 3.90. The molecular formula is C10H21N3O. The summed E-state index contributed by atoms with van der Waals surface area (Å²) in [6.45, 7) is 9.29. The van der Waals surface area contributed by atoms with Crippen molar-refractivity contribution in [1.29, 1.82) is 0 Å². The topological polar surface area (TPSA) is 49.6 Å². The number of nitrogens with zero attached hydrogens (tertiary/aromatic N) is 2. The van der Waals surface area contributed by atoms with E-state index in [0.29, 0.717) is 0 Å². The number of nitrogens with two attached hydrogens (primary N) is 1. The fourth-order valence-electron chi connectivity index (χ4n) is 1.87. The van der Waals surface area contributed by atoms with E-state index in [2.05, 4.69) is 16.7 Å². The van der Waals surface area contributed by atoms with Gasteiger partial charge in [-0.3, -0.25) is 9.69 Å². The van der Waals surface area contributed by atoms with Gasteiger partial charge in [0.2, 0.25) is 5.91 Å². The lowest BCUT2D eigenvalue weighted by Crippen LogP contribution is -2.44. The number of hydrogen-bond donors (Lipinski definition) is 1. The van der Waals surface area contributed by atoms with Gasteiger partial charge in [0.25, 0.3) is 0 Å². The van der Waals surface area contributed by atoms with Gasteiger partial charge in [0.15, 0.2) is 0 Å². The van der Waals surface area contributed by atoms with Crippen LogP contribution in [0.5, 0.6) is 0 Å². The maximum absolute atomic E-state index is 11.0. The third kappa shape index (κ3) is 2.96. The molecule has 1 rings (SSSR count). The number of amides is 1. The van der Waals surface area contributed by atoms with Crippen molar-refractivity contribution in [3.8, 4) is 0 Å². The zero-order chi connectivity index (χ0) is 10.6. The molecule has 4 heteroatoms. The van der Waals surface area contributed by atoms with Crippen LogP contribution < -0.4 is 5.73 Å². The lowest BCUT2D eigenvalue weighted by Gasteiger charge is -2.25. The Kier molecular flexibility index (Phi) is 4.35. The fraction of sp³-hybridized carbons (Fsp3) is 0.900. The summed E-state index contributed by atoms with van der Waals surface area (Å²) in [5, 5.41) is 0. The molecule has 82 valence electrons. The maximum Gasteiger partial charge on any atom is 0.234 e. The lowest BCUT2D eigenvalue weighted by molar-refractivity contribution is -0.122. The van der Waals surface area contributed by atoms with Crippen molar-refractivity contribution in [3.63, 3.8) is 0 Å². The van der Waals surface area contributed by atoms with Crippen molar-refractivity contribution in [1.82, 2.24) is 9.80 Å². The zero-order valence-electron chi connectivity index (χ0n) is 9.20. The molecule has 1 heterocycles. The van der Waals surface area contributed by atoms with Gasteiger partial charge < -0.3 is 10.6 Å². The predicted octanol–water partition coefficient (Wildman–Crippen LogP) is -0.112. The van der Waals surface area contributed by atoms with Gasteiger partial charge in [-0.05, 0) is 26.4 Å². The standard InChI is InChI=1S/C10H21N3O/c1-3-12-5-4-6-13(8-7-12)9(2)10(11)14/h9H,3-8H2,1-2H3,(H2,11,14). The van der Waals surface area contributed by atoms with Crippen LogP contribution in [0.2, 0.25) is 0 Å². The van der Waals surface area contributed by atoms with E-state index in [1.165, 1.54) is 0 Å². The minimum absolute atomic E-state index is 0.119. The second-order valence-electron chi connectivity index (χ2n) is 3.90. The Morgan fingerprint density at radius 1 is 1.36 bits per heavy atom. The molecule has 14 heavy (non-hydrogen) atoms. The number of carbonyl (C=O) groups excluding carboxylic acids is 1. The molecule has 1 fully saturated rings. The van der Waals surface area contributed by atoms with Crippen molar-refractivity contribution >= 4 is 5.91 Å². The molecule has 0 aromatic carbocycles. The van der Waals surface area contributed by atoms with E-state index in [0.717, 1.165) is 39.1 Å². The van der Waals surface area contributed by atoms with E-state index in [-0.39, 0.29) is 11.9 Å². The number of primary amides is 1. The highest BCUT2D eigenvalue weighted by molar-refractivity contribution is 5.79. The number of carbonyl (C=O) groups is 1. The van der Waals surface area contributed by atoms with Crippen LogP contribution in [-0.4, -0.2) is 54.5 Å². The van der Waals surface area contributed by atoms with Crippen LogP contribution in [0.15, 0.2) is 0 Å². The largest absolute Gasteiger partial charge is 0.368 e. The van der Waals surface area contributed by atoms with Gasteiger partial charge in [-0.25, -0.2) is 0 Å². The van der Waals surface area contributed by atoms with E-state index < -0.39 is 0 Å². The van der Waals surface area contributed by atoms with Crippen molar-refractivity contribution in [2.45, 2.75) is 26.3 Å². The molecule has 0 aromatic heterocycles. The minimum Gasteiger partial charge on any atom is -0.368 e. The minimum atomic E-state index is -0.213. The first-order valence-electron chi connectivity index (χ1n) is 5.41. The number of rotatable bonds is 3. The smallest absolute Gasteiger partial charge is 0.234 e. The molecule has 0 aromatic rings. The van der Waals surface area contributed by atoms with Crippen molar-refractivity contribution in [2.75, 3.05) is 32.7 Å². The Labute approximate surface area is 86.0 Å². The first-order chi connectivity index (χ1) is 6.65. The first-order valence-corrected chi connectivity index (χ1v) is 5.41. The van der Waals surface area contributed by atoms with Crippen LogP contribution >= 0.6 is 0 Å². The number of likely N-dealkylation sites (N-methyl/N-ethyl adjacent to an activating group) is 1. The van der Waals surface area contributed by atoms with Crippen molar-refractivity contribution in [3.05, 3.63) is 0 Å². The molecule has 1 amide bonds.